The molecule has 0 bridgehead atoms. The second kappa shape index (κ2) is 5.71. The average molecular weight is 240 g/mol. The minimum atomic E-state index is 0.351. The van der Waals surface area contributed by atoms with Crippen LogP contribution < -0.4 is 5.32 Å². The quantitative estimate of drug-likeness (QED) is 0.814. The fourth-order valence-electron chi connectivity index (χ4n) is 2.82. The highest BCUT2D eigenvalue weighted by molar-refractivity contribution is 4.91. The third kappa shape index (κ3) is 4.26. The average Bonchev–Trinajstić information content (AvgIpc) is 2.41. The molecule has 17 heavy (non-hydrogen) atoms. The molecule has 0 spiro atoms. The van der Waals surface area contributed by atoms with E-state index in [9.17, 15) is 0 Å². The van der Waals surface area contributed by atoms with Gasteiger partial charge in [-0.25, -0.2) is 0 Å². The Bertz CT molecular complexity index is 228. The molecule has 0 aromatic rings. The van der Waals surface area contributed by atoms with Crippen LogP contribution in [0, 0.1) is 5.41 Å². The molecule has 1 aliphatic heterocycles. The second-order valence-electron chi connectivity index (χ2n) is 7.23. The molecule has 1 aliphatic rings. The lowest BCUT2D eigenvalue weighted by Gasteiger charge is -2.42. The molecule has 1 N–H and O–H groups in total. The predicted molar refractivity (Wildman–Crippen MR) is 76.4 cm³/mol. The molecule has 102 valence electrons. The molecular weight excluding hydrogens is 208 g/mol. The molecule has 0 saturated carbocycles. The van der Waals surface area contributed by atoms with Crippen LogP contribution in [0.4, 0.5) is 0 Å². The van der Waals surface area contributed by atoms with Gasteiger partial charge in [-0.1, -0.05) is 34.1 Å². The second-order valence-corrected chi connectivity index (χ2v) is 7.23. The van der Waals surface area contributed by atoms with Crippen molar-refractivity contribution in [3.63, 3.8) is 0 Å². The SMILES string of the molecule is CCCC(C)(C)N1CCCNC(C(C)(C)C)C1. The van der Waals surface area contributed by atoms with E-state index in [1.54, 1.807) is 0 Å². The molecule has 2 heteroatoms. The van der Waals surface area contributed by atoms with E-state index in [2.05, 4.69) is 51.8 Å². The summed E-state index contributed by atoms with van der Waals surface area (Å²) in [5.41, 5.74) is 0.704. The molecule has 0 aliphatic carbocycles. The lowest BCUT2D eigenvalue weighted by atomic mass is 9.85. The highest BCUT2D eigenvalue weighted by Gasteiger charge is 2.33. The van der Waals surface area contributed by atoms with Crippen molar-refractivity contribution < 1.29 is 0 Å². The molecule has 0 radical (unpaired) electrons. The Hall–Kier alpha value is -0.0800. The molecule has 2 nitrogen and oxygen atoms in total. The van der Waals surface area contributed by atoms with Crippen molar-refractivity contribution in [1.29, 1.82) is 0 Å². The van der Waals surface area contributed by atoms with E-state index in [0.29, 0.717) is 17.0 Å². The van der Waals surface area contributed by atoms with Gasteiger partial charge in [0.05, 0.1) is 0 Å². The van der Waals surface area contributed by atoms with E-state index in [4.69, 9.17) is 0 Å². The summed E-state index contributed by atoms with van der Waals surface area (Å²) in [6.45, 7) is 17.7. The number of nitrogens with one attached hydrogen (secondary N) is 1. The number of hydrogen-bond donors (Lipinski definition) is 1. The van der Waals surface area contributed by atoms with Crippen LogP contribution in [0.15, 0.2) is 0 Å². The number of hydrogen-bond acceptors (Lipinski definition) is 2. The summed E-state index contributed by atoms with van der Waals surface area (Å²) in [5, 5.41) is 3.72. The highest BCUT2D eigenvalue weighted by Crippen LogP contribution is 2.27. The van der Waals surface area contributed by atoms with Gasteiger partial charge in [0, 0.05) is 18.1 Å². The molecular formula is C15H32N2. The van der Waals surface area contributed by atoms with Crippen molar-refractivity contribution in [3.8, 4) is 0 Å². The van der Waals surface area contributed by atoms with Crippen molar-refractivity contribution in [2.45, 2.75) is 72.4 Å². The first kappa shape index (κ1) is 15.0. The third-order valence-corrected chi connectivity index (χ3v) is 4.16. The normalized spacial score (nSPS) is 24.7. The van der Waals surface area contributed by atoms with E-state index < -0.39 is 0 Å². The van der Waals surface area contributed by atoms with E-state index in [0.717, 1.165) is 0 Å². The summed E-state index contributed by atoms with van der Waals surface area (Å²) < 4.78 is 0. The Morgan fingerprint density at radius 2 is 1.82 bits per heavy atom. The summed E-state index contributed by atoms with van der Waals surface area (Å²) in [5.74, 6) is 0. The molecule has 1 rings (SSSR count). The fraction of sp³-hybridized carbons (Fsp3) is 1.00. The van der Waals surface area contributed by atoms with E-state index in [-0.39, 0.29) is 0 Å². The molecule has 1 fully saturated rings. The predicted octanol–water partition coefficient (Wildman–Crippen LogP) is 3.28. The zero-order valence-corrected chi connectivity index (χ0v) is 12.8. The van der Waals surface area contributed by atoms with Crippen molar-refractivity contribution in [3.05, 3.63) is 0 Å². The zero-order valence-electron chi connectivity index (χ0n) is 12.8. The Morgan fingerprint density at radius 3 is 2.35 bits per heavy atom. The first-order valence-corrected chi connectivity index (χ1v) is 7.26. The van der Waals surface area contributed by atoms with Gasteiger partial charge >= 0.3 is 0 Å². The standard InChI is InChI=1S/C15H32N2/c1-7-9-15(5,6)17-11-8-10-16-13(12-17)14(2,3)4/h13,16H,7-12H2,1-6H3. The monoisotopic (exact) mass is 240 g/mol. The maximum absolute atomic E-state index is 3.72. The topological polar surface area (TPSA) is 15.3 Å². The first-order chi connectivity index (χ1) is 7.77. The highest BCUT2D eigenvalue weighted by atomic mass is 15.2. The molecule has 1 heterocycles. The molecule has 1 saturated heterocycles. The number of rotatable bonds is 3. The lowest BCUT2D eigenvalue weighted by Crippen LogP contribution is -2.52. The van der Waals surface area contributed by atoms with E-state index >= 15 is 0 Å². The minimum Gasteiger partial charge on any atom is -0.312 e. The van der Waals surface area contributed by atoms with Gasteiger partial charge in [0.1, 0.15) is 0 Å². The van der Waals surface area contributed by atoms with Crippen LogP contribution >= 0.6 is 0 Å². The largest absolute Gasteiger partial charge is 0.312 e. The Balaban J connectivity index is 2.72. The van der Waals surface area contributed by atoms with Crippen molar-refractivity contribution in [2.75, 3.05) is 19.6 Å². The van der Waals surface area contributed by atoms with Gasteiger partial charge in [-0.05, 0) is 45.2 Å². The van der Waals surface area contributed by atoms with Gasteiger partial charge < -0.3 is 5.32 Å². The van der Waals surface area contributed by atoms with Crippen LogP contribution in [0.1, 0.15) is 60.8 Å². The summed E-state index contributed by atoms with van der Waals surface area (Å²) in [4.78, 5) is 2.70. The summed E-state index contributed by atoms with van der Waals surface area (Å²) in [6.07, 6.45) is 3.85. The molecule has 0 amide bonds. The van der Waals surface area contributed by atoms with E-state index in [1.807, 2.05) is 0 Å². The summed E-state index contributed by atoms with van der Waals surface area (Å²) >= 11 is 0. The smallest absolute Gasteiger partial charge is 0.0243 e. The third-order valence-electron chi connectivity index (χ3n) is 4.16. The van der Waals surface area contributed by atoms with Crippen LogP contribution in [0.25, 0.3) is 0 Å². The van der Waals surface area contributed by atoms with Crippen molar-refractivity contribution in [2.24, 2.45) is 5.41 Å². The van der Waals surface area contributed by atoms with Crippen LogP contribution in [0.2, 0.25) is 0 Å². The van der Waals surface area contributed by atoms with Crippen molar-refractivity contribution >= 4 is 0 Å². The molecule has 0 aromatic carbocycles. The first-order valence-electron chi connectivity index (χ1n) is 7.26. The molecule has 0 aromatic heterocycles. The number of nitrogens with zero attached hydrogens (tertiary/aromatic N) is 1. The van der Waals surface area contributed by atoms with Gasteiger partial charge in [0.15, 0.2) is 0 Å². The Morgan fingerprint density at radius 1 is 1.18 bits per heavy atom. The van der Waals surface area contributed by atoms with Crippen LogP contribution in [-0.4, -0.2) is 36.1 Å². The van der Waals surface area contributed by atoms with Crippen LogP contribution in [0.5, 0.6) is 0 Å². The maximum atomic E-state index is 3.72. The van der Waals surface area contributed by atoms with Gasteiger partial charge in [-0.15, -0.1) is 0 Å². The van der Waals surface area contributed by atoms with Crippen molar-refractivity contribution in [1.82, 2.24) is 10.2 Å². The summed E-state index contributed by atoms with van der Waals surface area (Å²) in [7, 11) is 0. The van der Waals surface area contributed by atoms with Crippen LogP contribution in [0.3, 0.4) is 0 Å². The van der Waals surface area contributed by atoms with E-state index in [1.165, 1.54) is 38.9 Å². The van der Waals surface area contributed by atoms with Gasteiger partial charge in [-0.2, -0.15) is 0 Å². The zero-order chi connectivity index (χ0) is 13.1. The van der Waals surface area contributed by atoms with Gasteiger partial charge in [-0.3, -0.25) is 4.90 Å². The Labute approximate surface area is 108 Å². The Kier molecular flexibility index (Phi) is 5.03. The van der Waals surface area contributed by atoms with Crippen LogP contribution in [-0.2, 0) is 0 Å². The lowest BCUT2D eigenvalue weighted by molar-refractivity contribution is 0.0887. The van der Waals surface area contributed by atoms with Gasteiger partial charge in [0.25, 0.3) is 0 Å². The van der Waals surface area contributed by atoms with Gasteiger partial charge in [0.2, 0.25) is 0 Å². The molecule has 1 unspecified atom stereocenters. The minimum absolute atomic E-state index is 0.351. The molecule has 1 atom stereocenters. The fourth-order valence-corrected chi connectivity index (χ4v) is 2.82. The maximum Gasteiger partial charge on any atom is 0.0243 e. The summed E-state index contributed by atoms with van der Waals surface area (Å²) in [6, 6.07) is 0.612.